The van der Waals surface area contributed by atoms with Crippen LogP contribution < -0.4 is 5.32 Å². The van der Waals surface area contributed by atoms with Crippen LogP contribution in [0.25, 0.3) is 0 Å². The molecule has 90 valence electrons. The minimum atomic E-state index is -3.37. The number of hydrogen-bond donors (Lipinski definition) is 1. The quantitative estimate of drug-likeness (QED) is 0.856. The first-order valence-electron chi connectivity index (χ1n) is 5.33. The van der Waals surface area contributed by atoms with Crippen molar-refractivity contribution in [2.75, 3.05) is 25.5 Å². The number of sulfonamides is 1. The number of benzene rings is 1. The zero-order chi connectivity index (χ0) is 12.2. The molecule has 0 aliphatic rings. The van der Waals surface area contributed by atoms with E-state index in [4.69, 9.17) is 0 Å². The Labute approximate surface area is 97.3 Å². The zero-order valence-corrected chi connectivity index (χ0v) is 10.7. The molecule has 0 radical (unpaired) electrons. The average Bonchev–Trinajstić information content (AvgIpc) is 2.29. The van der Waals surface area contributed by atoms with Crippen molar-refractivity contribution >= 4 is 15.7 Å². The highest BCUT2D eigenvalue weighted by molar-refractivity contribution is 7.89. The van der Waals surface area contributed by atoms with E-state index in [0.29, 0.717) is 23.7 Å². The molecule has 0 fully saturated rings. The van der Waals surface area contributed by atoms with Crippen LogP contribution in [0, 0.1) is 0 Å². The molecule has 1 aromatic rings. The SMILES string of the molecule is CCNc1ccccc1S(=O)(=O)N(C)CC. The van der Waals surface area contributed by atoms with E-state index in [-0.39, 0.29) is 0 Å². The smallest absolute Gasteiger partial charge is 0.244 e. The Morgan fingerprint density at radius 2 is 1.88 bits per heavy atom. The van der Waals surface area contributed by atoms with Gasteiger partial charge in [0.05, 0.1) is 5.69 Å². The van der Waals surface area contributed by atoms with Gasteiger partial charge in [0.25, 0.3) is 0 Å². The highest BCUT2D eigenvalue weighted by atomic mass is 32.2. The molecule has 0 saturated carbocycles. The summed E-state index contributed by atoms with van der Waals surface area (Å²) in [5.74, 6) is 0. The van der Waals surface area contributed by atoms with Gasteiger partial charge in [0.2, 0.25) is 10.0 Å². The van der Waals surface area contributed by atoms with E-state index in [1.807, 2.05) is 19.9 Å². The van der Waals surface area contributed by atoms with Gasteiger partial charge in [-0.15, -0.1) is 0 Å². The van der Waals surface area contributed by atoms with Crippen LogP contribution in [0.3, 0.4) is 0 Å². The van der Waals surface area contributed by atoms with Gasteiger partial charge in [-0.3, -0.25) is 0 Å². The van der Waals surface area contributed by atoms with Crippen molar-refractivity contribution in [3.05, 3.63) is 24.3 Å². The highest BCUT2D eigenvalue weighted by Crippen LogP contribution is 2.23. The van der Waals surface area contributed by atoms with E-state index in [2.05, 4.69) is 5.32 Å². The minimum absolute atomic E-state index is 0.334. The van der Waals surface area contributed by atoms with E-state index < -0.39 is 10.0 Å². The van der Waals surface area contributed by atoms with Gasteiger partial charge in [-0.25, -0.2) is 12.7 Å². The second-order valence-electron chi connectivity index (χ2n) is 3.45. The molecule has 0 atom stereocenters. The van der Waals surface area contributed by atoms with Crippen molar-refractivity contribution in [1.29, 1.82) is 0 Å². The molecule has 1 rings (SSSR count). The Balaban J connectivity index is 3.22. The molecule has 0 aromatic heterocycles. The summed E-state index contributed by atoms with van der Waals surface area (Å²) in [5, 5.41) is 3.06. The fourth-order valence-corrected chi connectivity index (χ4v) is 2.71. The summed E-state index contributed by atoms with van der Waals surface area (Å²) in [5.41, 5.74) is 0.658. The standard InChI is InChI=1S/C11H18N2O2S/c1-4-12-10-8-6-7-9-11(10)16(14,15)13(3)5-2/h6-9,12H,4-5H2,1-3H3. The number of anilines is 1. The molecular formula is C11H18N2O2S. The molecule has 0 unspecified atom stereocenters. The molecule has 5 heteroatoms. The van der Waals surface area contributed by atoms with Crippen LogP contribution in [-0.2, 0) is 10.0 Å². The number of nitrogens with zero attached hydrogens (tertiary/aromatic N) is 1. The van der Waals surface area contributed by atoms with E-state index in [9.17, 15) is 8.42 Å². The molecular weight excluding hydrogens is 224 g/mol. The highest BCUT2D eigenvalue weighted by Gasteiger charge is 2.21. The maximum atomic E-state index is 12.1. The van der Waals surface area contributed by atoms with Crippen molar-refractivity contribution in [2.45, 2.75) is 18.7 Å². The van der Waals surface area contributed by atoms with Gasteiger partial charge in [-0.05, 0) is 19.1 Å². The van der Waals surface area contributed by atoms with Gasteiger partial charge < -0.3 is 5.32 Å². The van der Waals surface area contributed by atoms with Crippen molar-refractivity contribution in [3.63, 3.8) is 0 Å². The van der Waals surface area contributed by atoms with Crippen molar-refractivity contribution < 1.29 is 8.42 Å². The molecule has 16 heavy (non-hydrogen) atoms. The Morgan fingerprint density at radius 3 is 2.44 bits per heavy atom. The monoisotopic (exact) mass is 242 g/mol. The molecule has 0 aliphatic heterocycles. The summed E-state index contributed by atoms with van der Waals surface area (Å²) in [6, 6.07) is 6.96. The largest absolute Gasteiger partial charge is 0.384 e. The lowest BCUT2D eigenvalue weighted by Crippen LogP contribution is -2.27. The van der Waals surface area contributed by atoms with Crippen LogP contribution in [-0.4, -0.2) is 32.9 Å². The Hall–Kier alpha value is -1.07. The van der Waals surface area contributed by atoms with Gasteiger partial charge in [-0.1, -0.05) is 19.1 Å². The zero-order valence-electron chi connectivity index (χ0n) is 9.90. The lowest BCUT2D eigenvalue weighted by atomic mass is 10.3. The van der Waals surface area contributed by atoms with Crippen LogP contribution in [0.5, 0.6) is 0 Å². The average molecular weight is 242 g/mol. The van der Waals surface area contributed by atoms with Crippen LogP contribution >= 0.6 is 0 Å². The summed E-state index contributed by atoms with van der Waals surface area (Å²) in [6.45, 7) is 4.91. The van der Waals surface area contributed by atoms with Crippen LogP contribution in [0.2, 0.25) is 0 Å². The lowest BCUT2D eigenvalue weighted by molar-refractivity contribution is 0.486. The first kappa shape index (κ1) is 13.0. The Bertz CT molecular complexity index is 443. The fourth-order valence-electron chi connectivity index (χ4n) is 1.37. The maximum absolute atomic E-state index is 12.1. The van der Waals surface area contributed by atoms with E-state index in [0.717, 1.165) is 0 Å². The molecule has 0 amide bonds. The number of nitrogens with one attached hydrogen (secondary N) is 1. The molecule has 0 heterocycles. The first-order chi connectivity index (χ1) is 7.54. The summed E-state index contributed by atoms with van der Waals surface area (Å²) in [7, 11) is -1.79. The van der Waals surface area contributed by atoms with E-state index >= 15 is 0 Å². The molecule has 0 saturated heterocycles. The molecule has 0 bridgehead atoms. The van der Waals surface area contributed by atoms with Crippen molar-refractivity contribution in [1.82, 2.24) is 4.31 Å². The molecule has 0 spiro atoms. The molecule has 0 aliphatic carbocycles. The summed E-state index contributed by atoms with van der Waals surface area (Å²) < 4.78 is 25.6. The normalized spacial score (nSPS) is 11.8. The van der Waals surface area contributed by atoms with Crippen molar-refractivity contribution in [2.24, 2.45) is 0 Å². The number of para-hydroxylation sites is 1. The second kappa shape index (κ2) is 5.32. The van der Waals surface area contributed by atoms with Gasteiger partial charge in [0, 0.05) is 20.1 Å². The second-order valence-corrected chi connectivity index (χ2v) is 5.46. The Morgan fingerprint density at radius 1 is 1.25 bits per heavy atom. The third-order valence-electron chi connectivity index (χ3n) is 2.39. The van der Waals surface area contributed by atoms with E-state index in [1.165, 1.54) is 4.31 Å². The van der Waals surface area contributed by atoms with E-state index in [1.54, 1.807) is 25.2 Å². The van der Waals surface area contributed by atoms with Gasteiger partial charge >= 0.3 is 0 Å². The Kier molecular flexibility index (Phi) is 4.32. The van der Waals surface area contributed by atoms with Gasteiger partial charge in [0.1, 0.15) is 4.90 Å². The summed E-state index contributed by atoms with van der Waals surface area (Å²) >= 11 is 0. The van der Waals surface area contributed by atoms with Crippen molar-refractivity contribution in [3.8, 4) is 0 Å². The van der Waals surface area contributed by atoms with Crippen LogP contribution in [0.4, 0.5) is 5.69 Å². The predicted molar refractivity (Wildman–Crippen MR) is 66.1 cm³/mol. The predicted octanol–water partition coefficient (Wildman–Crippen LogP) is 1.76. The lowest BCUT2D eigenvalue weighted by Gasteiger charge is -2.17. The molecule has 1 N–H and O–H groups in total. The first-order valence-corrected chi connectivity index (χ1v) is 6.77. The van der Waals surface area contributed by atoms with Crippen LogP contribution in [0.15, 0.2) is 29.2 Å². The van der Waals surface area contributed by atoms with Gasteiger partial charge in [0.15, 0.2) is 0 Å². The molecule has 1 aromatic carbocycles. The molecule has 4 nitrogen and oxygen atoms in total. The summed E-state index contributed by atoms with van der Waals surface area (Å²) in [4.78, 5) is 0.334. The van der Waals surface area contributed by atoms with Gasteiger partial charge in [-0.2, -0.15) is 0 Å². The third kappa shape index (κ3) is 2.54. The minimum Gasteiger partial charge on any atom is -0.384 e. The third-order valence-corrected chi connectivity index (χ3v) is 4.38. The topological polar surface area (TPSA) is 49.4 Å². The summed E-state index contributed by atoms with van der Waals surface area (Å²) in [6.07, 6.45) is 0. The maximum Gasteiger partial charge on any atom is 0.244 e. The number of rotatable bonds is 5. The number of hydrogen-bond acceptors (Lipinski definition) is 3. The fraction of sp³-hybridized carbons (Fsp3) is 0.455. The van der Waals surface area contributed by atoms with Crippen LogP contribution in [0.1, 0.15) is 13.8 Å².